The highest BCUT2D eigenvalue weighted by atomic mass is 32.2. The van der Waals surface area contributed by atoms with Crippen molar-refractivity contribution in [1.82, 2.24) is 14.4 Å². The van der Waals surface area contributed by atoms with Crippen molar-refractivity contribution in [3.8, 4) is 0 Å². The number of halogens is 2. The lowest BCUT2D eigenvalue weighted by Gasteiger charge is -2.30. The molecule has 1 saturated heterocycles. The van der Waals surface area contributed by atoms with E-state index in [1.54, 1.807) is 0 Å². The van der Waals surface area contributed by atoms with Crippen LogP contribution >= 0.6 is 0 Å². The Morgan fingerprint density at radius 1 is 1.16 bits per heavy atom. The van der Waals surface area contributed by atoms with Gasteiger partial charge in [0, 0.05) is 19.0 Å². The lowest BCUT2D eigenvalue weighted by atomic mass is 9.89. The molecule has 2 saturated carbocycles. The maximum Gasteiger partial charge on any atom is 0.276 e. The van der Waals surface area contributed by atoms with Gasteiger partial charge in [-0.25, -0.2) is 13.9 Å². The molecule has 25 heavy (non-hydrogen) atoms. The Morgan fingerprint density at radius 3 is 2.40 bits per heavy atom. The van der Waals surface area contributed by atoms with Crippen LogP contribution in [0.25, 0.3) is 0 Å². The van der Waals surface area contributed by atoms with Crippen molar-refractivity contribution in [1.29, 1.82) is 0 Å². The van der Waals surface area contributed by atoms with E-state index in [9.17, 15) is 17.2 Å². The minimum atomic E-state index is -3.84. The van der Waals surface area contributed by atoms with E-state index < -0.39 is 27.5 Å². The molecule has 3 aliphatic rings. The Kier molecular flexibility index (Phi) is 3.93. The standard InChI is InChI=1S/C15H22F2N4O3S/c16-15(17)11(14(15)6-8-21(9-7-14)25(18,22)23)13-19-12(20-24-13)10-4-2-1-3-5-10/h10-11H,1-9H2,(H2,18,22,23)/t11-/m1/s1. The van der Waals surface area contributed by atoms with Gasteiger partial charge in [0.2, 0.25) is 5.89 Å². The summed E-state index contributed by atoms with van der Waals surface area (Å²) in [5, 5.41) is 9.04. The molecule has 1 spiro atoms. The highest BCUT2D eigenvalue weighted by Crippen LogP contribution is 2.75. The highest BCUT2D eigenvalue weighted by molar-refractivity contribution is 7.86. The van der Waals surface area contributed by atoms with Crippen molar-refractivity contribution >= 4 is 10.2 Å². The normalized spacial score (nSPS) is 29.8. The molecule has 0 bridgehead atoms. The lowest BCUT2D eigenvalue weighted by molar-refractivity contribution is 0.0406. The number of nitrogens with zero attached hydrogens (tertiary/aromatic N) is 3. The molecule has 4 rings (SSSR count). The Balaban J connectivity index is 1.51. The number of hydrogen-bond donors (Lipinski definition) is 1. The lowest BCUT2D eigenvalue weighted by Crippen LogP contribution is -2.43. The topological polar surface area (TPSA) is 102 Å². The number of nitrogens with two attached hydrogens (primary N) is 1. The molecule has 0 amide bonds. The molecular weight excluding hydrogens is 354 g/mol. The third-order valence-electron chi connectivity index (χ3n) is 6.14. The van der Waals surface area contributed by atoms with Gasteiger partial charge in [0.1, 0.15) is 5.92 Å². The summed E-state index contributed by atoms with van der Waals surface area (Å²) in [6.45, 7) is -0.0108. The zero-order chi connectivity index (χ0) is 17.9. The van der Waals surface area contributed by atoms with Crippen molar-refractivity contribution < 1.29 is 21.7 Å². The van der Waals surface area contributed by atoms with Crippen LogP contribution in [-0.4, -0.2) is 41.9 Å². The third kappa shape index (κ3) is 2.69. The van der Waals surface area contributed by atoms with E-state index in [-0.39, 0.29) is 37.7 Å². The summed E-state index contributed by atoms with van der Waals surface area (Å²) in [6.07, 6.45) is 5.40. The zero-order valence-electron chi connectivity index (χ0n) is 13.8. The first-order valence-corrected chi connectivity index (χ1v) is 10.3. The maximum atomic E-state index is 14.6. The quantitative estimate of drug-likeness (QED) is 0.871. The highest BCUT2D eigenvalue weighted by Gasteiger charge is 2.82. The molecule has 1 aromatic rings. The van der Waals surface area contributed by atoms with Gasteiger partial charge in [-0.15, -0.1) is 0 Å². The second kappa shape index (κ2) is 5.68. The van der Waals surface area contributed by atoms with Crippen LogP contribution in [0.3, 0.4) is 0 Å². The average molecular weight is 376 g/mol. The molecule has 10 heteroatoms. The van der Waals surface area contributed by atoms with Crippen LogP contribution in [0.15, 0.2) is 4.52 Å². The summed E-state index contributed by atoms with van der Waals surface area (Å²) in [7, 11) is -3.84. The molecule has 1 aliphatic heterocycles. The molecule has 2 N–H and O–H groups in total. The Hall–Kier alpha value is -1.13. The van der Waals surface area contributed by atoms with Crippen LogP contribution in [0.2, 0.25) is 0 Å². The predicted octanol–water partition coefficient (Wildman–Crippen LogP) is 2.14. The predicted molar refractivity (Wildman–Crippen MR) is 84.2 cm³/mol. The molecule has 2 heterocycles. The molecule has 0 aromatic carbocycles. The number of piperidine rings is 1. The molecule has 2 aliphatic carbocycles. The summed E-state index contributed by atoms with van der Waals surface area (Å²) in [4.78, 5) is 4.29. The van der Waals surface area contributed by atoms with E-state index in [2.05, 4.69) is 10.1 Å². The summed E-state index contributed by atoms with van der Waals surface area (Å²) in [6, 6.07) is 0. The van der Waals surface area contributed by atoms with Crippen molar-refractivity contribution in [3.63, 3.8) is 0 Å². The van der Waals surface area contributed by atoms with Crippen LogP contribution in [0.5, 0.6) is 0 Å². The Labute approximate surface area is 145 Å². The van der Waals surface area contributed by atoms with Crippen LogP contribution in [0.4, 0.5) is 8.78 Å². The van der Waals surface area contributed by atoms with E-state index in [0.717, 1.165) is 30.0 Å². The summed E-state index contributed by atoms with van der Waals surface area (Å²) in [5.41, 5.74) is -1.29. The van der Waals surface area contributed by atoms with Crippen molar-refractivity contribution in [3.05, 3.63) is 11.7 Å². The van der Waals surface area contributed by atoms with Gasteiger partial charge in [-0.3, -0.25) is 0 Å². The SMILES string of the molecule is NS(=O)(=O)N1CCC2(CC1)[C@@H](c1nc(C3CCCCC3)no1)C2(F)F. The minimum Gasteiger partial charge on any atom is -0.339 e. The average Bonchev–Trinajstić information content (AvgIpc) is 2.91. The van der Waals surface area contributed by atoms with E-state index >= 15 is 0 Å². The maximum absolute atomic E-state index is 14.6. The van der Waals surface area contributed by atoms with Crippen LogP contribution < -0.4 is 5.14 Å². The molecule has 1 atom stereocenters. The largest absolute Gasteiger partial charge is 0.339 e. The summed E-state index contributed by atoms with van der Waals surface area (Å²) < 4.78 is 58.2. The van der Waals surface area contributed by atoms with E-state index in [1.165, 1.54) is 6.42 Å². The first-order valence-electron chi connectivity index (χ1n) is 8.75. The second-order valence-electron chi connectivity index (χ2n) is 7.48. The van der Waals surface area contributed by atoms with Crippen LogP contribution in [-0.2, 0) is 10.2 Å². The Bertz CT molecular complexity index is 753. The number of alkyl halides is 2. The molecule has 7 nitrogen and oxygen atoms in total. The smallest absolute Gasteiger partial charge is 0.276 e. The molecule has 0 radical (unpaired) electrons. The van der Waals surface area contributed by atoms with Gasteiger partial charge < -0.3 is 4.52 Å². The number of aromatic nitrogens is 2. The summed E-state index contributed by atoms with van der Waals surface area (Å²) in [5.74, 6) is -3.34. The molecular formula is C15H22F2N4O3S. The fourth-order valence-corrected chi connectivity index (χ4v) is 5.24. The van der Waals surface area contributed by atoms with Gasteiger partial charge in [-0.1, -0.05) is 24.4 Å². The minimum absolute atomic E-state index is 0.00497. The van der Waals surface area contributed by atoms with Crippen molar-refractivity contribution in [2.45, 2.75) is 62.7 Å². The first kappa shape index (κ1) is 17.3. The molecule has 1 aromatic heterocycles. The van der Waals surface area contributed by atoms with Gasteiger partial charge >= 0.3 is 0 Å². The summed E-state index contributed by atoms with van der Waals surface area (Å²) >= 11 is 0. The fraction of sp³-hybridized carbons (Fsp3) is 0.867. The number of rotatable bonds is 3. The van der Waals surface area contributed by atoms with Crippen LogP contribution in [0, 0.1) is 5.41 Å². The van der Waals surface area contributed by atoms with Gasteiger partial charge in [0.25, 0.3) is 16.1 Å². The van der Waals surface area contributed by atoms with E-state index in [1.807, 2.05) is 0 Å². The third-order valence-corrected chi connectivity index (χ3v) is 7.23. The first-order chi connectivity index (χ1) is 11.8. The second-order valence-corrected chi connectivity index (χ2v) is 9.03. The van der Waals surface area contributed by atoms with Crippen LogP contribution in [0.1, 0.15) is 68.5 Å². The Morgan fingerprint density at radius 2 is 1.80 bits per heavy atom. The van der Waals surface area contributed by atoms with Crippen molar-refractivity contribution in [2.75, 3.05) is 13.1 Å². The van der Waals surface area contributed by atoms with Gasteiger partial charge in [-0.2, -0.15) is 17.7 Å². The van der Waals surface area contributed by atoms with E-state index in [0.29, 0.717) is 5.82 Å². The van der Waals surface area contributed by atoms with Gasteiger partial charge in [-0.05, 0) is 25.7 Å². The number of hydrogen-bond acceptors (Lipinski definition) is 5. The zero-order valence-corrected chi connectivity index (χ0v) is 14.6. The van der Waals surface area contributed by atoms with Crippen molar-refractivity contribution in [2.24, 2.45) is 10.6 Å². The molecule has 0 unspecified atom stereocenters. The fourth-order valence-electron chi connectivity index (χ4n) is 4.55. The molecule has 3 fully saturated rings. The molecule has 140 valence electrons. The van der Waals surface area contributed by atoms with E-state index in [4.69, 9.17) is 9.66 Å². The van der Waals surface area contributed by atoms with Gasteiger partial charge in [0.15, 0.2) is 5.82 Å². The monoisotopic (exact) mass is 376 g/mol. The van der Waals surface area contributed by atoms with Gasteiger partial charge in [0.05, 0.1) is 5.41 Å².